The van der Waals surface area contributed by atoms with Crippen LogP contribution in [-0.2, 0) is 4.74 Å². The van der Waals surface area contributed by atoms with Crippen LogP contribution in [0.15, 0.2) is 12.1 Å². The number of nitrogens with zero attached hydrogens (tertiary/aromatic N) is 1. The second kappa shape index (κ2) is 5.50. The van der Waals surface area contributed by atoms with Gasteiger partial charge in [0.25, 0.3) is 5.92 Å². The second-order valence-electron chi connectivity index (χ2n) is 5.52. The lowest BCUT2D eigenvalue weighted by Gasteiger charge is -2.38. The molecule has 1 unspecified atom stereocenters. The van der Waals surface area contributed by atoms with Crippen molar-refractivity contribution in [3.05, 3.63) is 23.3 Å². The molecule has 1 aliphatic heterocycles. The van der Waals surface area contributed by atoms with Gasteiger partial charge in [-0.2, -0.15) is 0 Å². The van der Waals surface area contributed by atoms with Crippen molar-refractivity contribution < 1.29 is 18.3 Å². The average Bonchev–Trinajstić information content (AvgIpc) is 2.44. The summed E-state index contributed by atoms with van der Waals surface area (Å²) in [6.45, 7) is 3.65. The van der Waals surface area contributed by atoms with Crippen LogP contribution in [0.4, 0.5) is 20.2 Å². The number of halogens is 2. The van der Waals surface area contributed by atoms with Crippen LogP contribution in [0.5, 0.6) is 0 Å². The summed E-state index contributed by atoms with van der Waals surface area (Å²) in [5.74, 6) is -3.93. The molecule has 0 aliphatic carbocycles. The summed E-state index contributed by atoms with van der Waals surface area (Å²) in [7, 11) is 1.29. The van der Waals surface area contributed by atoms with E-state index in [0.717, 1.165) is 0 Å². The fraction of sp³-hybridized carbons (Fsp3) is 0.533. The maximum Gasteiger partial charge on any atom is 0.340 e. The van der Waals surface area contributed by atoms with Crippen molar-refractivity contribution in [1.82, 2.24) is 0 Å². The summed E-state index contributed by atoms with van der Waals surface area (Å²) in [6, 6.07) is 3.39. The highest BCUT2D eigenvalue weighted by Crippen LogP contribution is 2.37. The largest absolute Gasteiger partial charge is 0.465 e. The maximum atomic E-state index is 13.6. The van der Waals surface area contributed by atoms with Gasteiger partial charge in [0.1, 0.15) is 0 Å². The third kappa shape index (κ3) is 2.80. The van der Waals surface area contributed by atoms with Gasteiger partial charge in [-0.1, -0.05) is 6.92 Å². The van der Waals surface area contributed by atoms with Crippen LogP contribution in [0.1, 0.15) is 29.3 Å². The molecule has 0 saturated carbocycles. The minimum atomic E-state index is -2.66. The number of esters is 1. The first-order valence-electron chi connectivity index (χ1n) is 6.88. The van der Waals surface area contributed by atoms with Gasteiger partial charge >= 0.3 is 5.97 Å². The molecule has 1 atom stereocenters. The van der Waals surface area contributed by atoms with Gasteiger partial charge < -0.3 is 15.4 Å². The SMILES string of the molecule is COC(=O)c1c(N2CCC(F)(F)C(C)C2)ccc(N)c1C. The molecule has 21 heavy (non-hydrogen) atoms. The summed E-state index contributed by atoms with van der Waals surface area (Å²) in [5.41, 5.74) is 7.90. The highest BCUT2D eigenvalue weighted by atomic mass is 19.3. The Labute approximate surface area is 122 Å². The van der Waals surface area contributed by atoms with E-state index in [2.05, 4.69) is 0 Å². The first-order chi connectivity index (χ1) is 9.77. The number of nitrogen functional groups attached to an aromatic ring is 1. The summed E-state index contributed by atoms with van der Waals surface area (Å²) in [5, 5.41) is 0. The van der Waals surface area contributed by atoms with Gasteiger partial charge in [-0.3, -0.25) is 0 Å². The van der Waals surface area contributed by atoms with Crippen molar-refractivity contribution in [3.8, 4) is 0 Å². The van der Waals surface area contributed by atoms with Crippen molar-refractivity contribution in [2.45, 2.75) is 26.2 Å². The zero-order valence-electron chi connectivity index (χ0n) is 12.5. The Morgan fingerprint density at radius 2 is 2.14 bits per heavy atom. The van der Waals surface area contributed by atoms with E-state index < -0.39 is 17.8 Å². The van der Waals surface area contributed by atoms with Crippen LogP contribution in [0.2, 0.25) is 0 Å². The smallest absolute Gasteiger partial charge is 0.340 e. The molecule has 1 aromatic rings. The van der Waals surface area contributed by atoms with Crippen molar-refractivity contribution in [2.24, 2.45) is 5.92 Å². The molecule has 1 heterocycles. The molecular weight excluding hydrogens is 278 g/mol. The molecule has 6 heteroatoms. The van der Waals surface area contributed by atoms with Crippen molar-refractivity contribution >= 4 is 17.3 Å². The summed E-state index contributed by atoms with van der Waals surface area (Å²) in [6.07, 6.45) is -0.224. The molecule has 1 fully saturated rings. The standard InChI is InChI=1S/C15H20F2N2O2/c1-9-8-19(7-6-15(9,16)17)12-5-4-11(18)10(2)13(12)14(20)21-3/h4-5,9H,6-8,18H2,1-3H3. The van der Waals surface area contributed by atoms with Crippen LogP contribution >= 0.6 is 0 Å². The van der Waals surface area contributed by atoms with E-state index in [1.807, 2.05) is 0 Å². The minimum Gasteiger partial charge on any atom is -0.465 e. The van der Waals surface area contributed by atoms with E-state index in [1.165, 1.54) is 14.0 Å². The second-order valence-corrected chi connectivity index (χ2v) is 5.52. The number of hydrogen-bond donors (Lipinski definition) is 1. The Balaban J connectivity index is 2.41. The fourth-order valence-corrected chi connectivity index (χ4v) is 2.64. The van der Waals surface area contributed by atoms with E-state index in [0.29, 0.717) is 22.5 Å². The van der Waals surface area contributed by atoms with E-state index in [4.69, 9.17) is 10.5 Å². The fourth-order valence-electron chi connectivity index (χ4n) is 2.64. The molecule has 1 saturated heterocycles. The topological polar surface area (TPSA) is 55.6 Å². The number of anilines is 2. The number of benzene rings is 1. The molecule has 0 spiro atoms. The Morgan fingerprint density at radius 1 is 1.48 bits per heavy atom. The Kier molecular flexibility index (Phi) is 4.07. The average molecular weight is 298 g/mol. The predicted molar refractivity (Wildman–Crippen MR) is 77.9 cm³/mol. The highest BCUT2D eigenvalue weighted by Gasteiger charge is 2.41. The Bertz CT molecular complexity index is 561. The predicted octanol–water partition coefficient (Wildman–Crippen LogP) is 2.85. The number of carbonyl (C=O) groups excluding carboxylic acids is 1. The van der Waals surface area contributed by atoms with Gasteiger partial charge in [-0.15, -0.1) is 0 Å². The van der Waals surface area contributed by atoms with Crippen LogP contribution in [-0.4, -0.2) is 32.1 Å². The van der Waals surface area contributed by atoms with Crippen molar-refractivity contribution in [3.63, 3.8) is 0 Å². The third-order valence-corrected chi connectivity index (χ3v) is 4.15. The van der Waals surface area contributed by atoms with Crippen LogP contribution in [0.25, 0.3) is 0 Å². The van der Waals surface area contributed by atoms with Gasteiger partial charge in [0.05, 0.1) is 18.4 Å². The molecule has 0 radical (unpaired) electrons. The van der Waals surface area contributed by atoms with Gasteiger partial charge in [-0.25, -0.2) is 13.6 Å². The number of hydrogen-bond acceptors (Lipinski definition) is 4. The van der Waals surface area contributed by atoms with E-state index in [-0.39, 0.29) is 19.5 Å². The lowest BCUT2D eigenvalue weighted by molar-refractivity contribution is -0.0651. The number of ether oxygens (including phenoxy) is 1. The van der Waals surface area contributed by atoms with Crippen molar-refractivity contribution in [1.29, 1.82) is 0 Å². The van der Waals surface area contributed by atoms with E-state index in [1.54, 1.807) is 24.0 Å². The van der Waals surface area contributed by atoms with Gasteiger partial charge in [0, 0.05) is 31.1 Å². The van der Waals surface area contributed by atoms with E-state index in [9.17, 15) is 13.6 Å². The zero-order chi connectivity index (χ0) is 15.8. The maximum absolute atomic E-state index is 13.6. The quantitative estimate of drug-likeness (QED) is 0.674. The molecule has 116 valence electrons. The Morgan fingerprint density at radius 3 is 2.71 bits per heavy atom. The monoisotopic (exact) mass is 298 g/mol. The molecule has 1 aromatic carbocycles. The molecule has 0 aromatic heterocycles. The molecular formula is C15H20F2N2O2. The Hall–Kier alpha value is -1.85. The first kappa shape index (κ1) is 15.5. The third-order valence-electron chi connectivity index (χ3n) is 4.15. The molecule has 4 nitrogen and oxygen atoms in total. The molecule has 0 bridgehead atoms. The number of alkyl halides is 2. The van der Waals surface area contributed by atoms with E-state index >= 15 is 0 Å². The lowest BCUT2D eigenvalue weighted by atomic mass is 9.93. The van der Waals surface area contributed by atoms with Gasteiger partial charge in [0.2, 0.25) is 0 Å². The molecule has 0 amide bonds. The van der Waals surface area contributed by atoms with Gasteiger partial charge in [0.15, 0.2) is 0 Å². The highest BCUT2D eigenvalue weighted by molar-refractivity contribution is 5.99. The first-order valence-corrected chi connectivity index (χ1v) is 6.88. The number of piperidine rings is 1. The van der Waals surface area contributed by atoms with Gasteiger partial charge in [-0.05, 0) is 24.6 Å². The number of rotatable bonds is 2. The summed E-state index contributed by atoms with van der Waals surface area (Å²) >= 11 is 0. The van der Waals surface area contributed by atoms with Crippen LogP contribution in [0.3, 0.4) is 0 Å². The summed E-state index contributed by atoms with van der Waals surface area (Å²) in [4.78, 5) is 13.8. The minimum absolute atomic E-state index is 0.195. The number of nitrogens with two attached hydrogens (primary N) is 1. The normalized spacial score (nSPS) is 21.2. The molecule has 2 N–H and O–H groups in total. The number of methoxy groups -OCH3 is 1. The van der Waals surface area contributed by atoms with Crippen LogP contribution in [0, 0.1) is 12.8 Å². The number of carbonyl (C=O) groups is 1. The summed E-state index contributed by atoms with van der Waals surface area (Å²) < 4.78 is 32.0. The van der Waals surface area contributed by atoms with Crippen LogP contribution < -0.4 is 10.6 Å². The lowest BCUT2D eigenvalue weighted by Crippen LogP contribution is -2.46. The van der Waals surface area contributed by atoms with Crippen molar-refractivity contribution in [2.75, 3.05) is 30.8 Å². The molecule has 1 aliphatic rings. The zero-order valence-corrected chi connectivity index (χ0v) is 12.5. The molecule has 2 rings (SSSR count).